The van der Waals surface area contributed by atoms with Gasteiger partial charge < -0.3 is 15.0 Å². The van der Waals surface area contributed by atoms with Crippen LogP contribution in [0.5, 0.6) is 5.75 Å². The van der Waals surface area contributed by atoms with E-state index in [1.54, 1.807) is 19.5 Å². The fourth-order valence-corrected chi connectivity index (χ4v) is 2.19. The van der Waals surface area contributed by atoms with Crippen LogP contribution in [-0.2, 0) is 0 Å². The largest absolute Gasteiger partial charge is 0.496 e. The maximum absolute atomic E-state index is 5.98. The zero-order valence-corrected chi connectivity index (χ0v) is 11.7. The zero-order chi connectivity index (χ0) is 14.8. The maximum atomic E-state index is 5.98. The van der Waals surface area contributed by atoms with E-state index in [2.05, 4.69) is 15.1 Å². The lowest BCUT2D eigenvalue weighted by molar-refractivity contribution is 0.416. The van der Waals surface area contributed by atoms with Crippen molar-refractivity contribution < 1.29 is 9.26 Å². The van der Waals surface area contributed by atoms with Crippen LogP contribution >= 0.6 is 0 Å². The number of aryl methyl sites for hydroxylation is 1. The van der Waals surface area contributed by atoms with E-state index in [0.717, 1.165) is 11.1 Å². The van der Waals surface area contributed by atoms with Crippen molar-refractivity contribution in [3.63, 3.8) is 0 Å². The number of nitrogens with two attached hydrogens (primary N) is 1. The molecule has 0 fully saturated rings. The molecule has 0 atom stereocenters. The first-order valence-electron chi connectivity index (χ1n) is 6.36. The number of benzene rings is 1. The quantitative estimate of drug-likeness (QED) is 0.794. The molecule has 0 radical (unpaired) electrons. The summed E-state index contributed by atoms with van der Waals surface area (Å²) in [5.74, 6) is 1.53. The Labute approximate surface area is 121 Å². The van der Waals surface area contributed by atoms with Crippen LogP contribution in [0, 0.1) is 6.92 Å². The summed E-state index contributed by atoms with van der Waals surface area (Å²) in [6.07, 6.45) is 4.76. The number of anilines is 1. The highest BCUT2D eigenvalue weighted by molar-refractivity contribution is 5.89. The summed E-state index contributed by atoms with van der Waals surface area (Å²) in [7, 11) is 1.61. The molecule has 0 spiro atoms. The molecule has 1 aromatic carbocycles. The summed E-state index contributed by atoms with van der Waals surface area (Å²) >= 11 is 0. The van der Waals surface area contributed by atoms with E-state index in [1.165, 1.54) is 6.33 Å². The highest BCUT2D eigenvalue weighted by Crippen LogP contribution is 2.40. The van der Waals surface area contributed by atoms with Crippen molar-refractivity contribution in [2.24, 2.45) is 0 Å². The van der Waals surface area contributed by atoms with Gasteiger partial charge >= 0.3 is 0 Å². The van der Waals surface area contributed by atoms with Crippen molar-refractivity contribution in [3.8, 4) is 28.2 Å². The van der Waals surface area contributed by atoms with Gasteiger partial charge in [-0.15, -0.1) is 0 Å². The molecule has 0 bridgehead atoms. The van der Waals surface area contributed by atoms with E-state index in [1.807, 2.05) is 25.1 Å². The standard InChI is InChI=1S/C15H14N4O2/c1-9-3-4-12(20-2)11(5-9)13-14(21-19-15(13)16)10-6-17-8-18-7-10/h3-8H,1-2H3,(H2,16,19). The maximum Gasteiger partial charge on any atom is 0.180 e. The van der Waals surface area contributed by atoms with E-state index < -0.39 is 0 Å². The first-order valence-corrected chi connectivity index (χ1v) is 6.36. The van der Waals surface area contributed by atoms with Gasteiger partial charge in [0.1, 0.15) is 12.1 Å². The highest BCUT2D eigenvalue weighted by Gasteiger charge is 2.21. The van der Waals surface area contributed by atoms with Crippen molar-refractivity contribution in [1.82, 2.24) is 15.1 Å². The number of nitrogen functional groups attached to an aromatic ring is 1. The average Bonchev–Trinajstić information content (AvgIpc) is 2.89. The van der Waals surface area contributed by atoms with Gasteiger partial charge in [0, 0.05) is 18.0 Å². The minimum Gasteiger partial charge on any atom is -0.496 e. The van der Waals surface area contributed by atoms with Crippen molar-refractivity contribution >= 4 is 5.82 Å². The topological polar surface area (TPSA) is 87.1 Å². The number of ether oxygens (including phenoxy) is 1. The SMILES string of the molecule is COc1ccc(C)cc1-c1c(N)noc1-c1cncnc1. The number of hydrogen-bond acceptors (Lipinski definition) is 6. The van der Waals surface area contributed by atoms with Crippen LogP contribution < -0.4 is 10.5 Å². The molecule has 3 aromatic rings. The number of aromatic nitrogens is 3. The Morgan fingerprint density at radius 3 is 2.67 bits per heavy atom. The van der Waals surface area contributed by atoms with Crippen molar-refractivity contribution in [3.05, 3.63) is 42.5 Å². The Morgan fingerprint density at radius 1 is 1.19 bits per heavy atom. The molecule has 0 saturated heterocycles. The molecule has 2 heterocycles. The minimum atomic E-state index is 0.303. The third-order valence-electron chi connectivity index (χ3n) is 3.17. The molecule has 0 aliphatic carbocycles. The van der Waals surface area contributed by atoms with Crippen molar-refractivity contribution in [2.45, 2.75) is 6.92 Å². The van der Waals surface area contributed by atoms with E-state index in [0.29, 0.717) is 28.5 Å². The molecule has 21 heavy (non-hydrogen) atoms. The smallest absolute Gasteiger partial charge is 0.180 e. The molecular weight excluding hydrogens is 268 g/mol. The summed E-state index contributed by atoms with van der Waals surface area (Å²) in [5.41, 5.74) is 9.29. The predicted molar refractivity (Wildman–Crippen MR) is 78.7 cm³/mol. The first-order chi connectivity index (χ1) is 10.2. The second kappa shape index (κ2) is 5.24. The lowest BCUT2D eigenvalue weighted by Gasteiger charge is -2.09. The number of rotatable bonds is 3. The summed E-state index contributed by atoms with van der Waals surface area (Å²) in [6.45, 7) is 2.00. The van der Waals surface area contributed by atoms with Gasteiger partial charge in [-0.3, -0.25) is 0 Å². The molecule has 3 rings (SSSR count). The molecule has 6 heteroatoms. The number of hydrogen-bond donors (Lipinski definition) is 1. The van der Waals surface area contributed by atoms with Crippen LogP contribution in [0.4, 0.5) is 5.82 Å². The molecule has 0 aliphatic heterocycles. The Morgan fingerprint density at radius 2 is 1.95 bits per heavy atom. The average molecular weight is 282 g/mol. The summed E-state index contributed by atoms with van der Waals surface area (Å²) < 4.78 is 10.8. The van der Waals surface area contributed by atoms with Crippen LogP contribution in [0.25, 0.3) is 22.5 Å². The van der Waals surface area contributed by atoms with Gasteiger partial charge in [0.2, 0.25) is 0 Å². The summed E-state index contributed by atoms with van der Waals surface area (Å²) in [6, 6.07) is 5.84. The van der Waals surface area contributed by atoms with Gasteiger partial charge in [-0.25, -0.2) is 9.97 Å². The van der Waals surface area contributed by atoms with Crippen LogP contribution in [0.15, 0.2) is 41.4 Å². The summed E-state index contributed by atoms with van der Waals surface area (Å²) in [4.78, 5) is 7.99. The Bertz CT molecular complexity index is 769. The molecule has 0 amide bonds. The van der Waals surface area contributed by atoms with E-state index in [9.17, 15) is 0 Å². The Balaban J connectivity index is 2.24. The molecule has 2 N–H and O–H groups in total. The van der Waals surface area contributed by atoms with Crippen LogP contribution in [0.1, 0.15) is 5.56 Å². The molecule has 106 valence electrons. The van der Waals surface area contributed by atoms with E-state index in [-0.39, 0.29) is 0 Å². The molecule has 0 saturated carbocycles. The van der Waals surface area contributed by atoms with E-state index >= 15 is 0 Å². The van der Waals surface area contributed by atoms with Crippen molar-refractivity contribution in [2.75, 3.05) is 12.8 Å². The normalized spacial score (nSPS) is 10.6. The Kier molecular flexibility index (Phi) is 3.27. The second-order valence-electron chi connectivity index (χ2n) is 4.60. The lowest BCUT2D eigenvalue weighted by Crippen LogP contribution is -1.93. The summed E-state index contributed by atoms with van der Waals surface area (Å²) in [5, 5.41) is 3.87. The molecule has 0 unspecified atom stereocenters. The van der Waals surface area contributed by atoms with Crippen LogP contribution in [-0.4, -0.2) is 22.2 Å². The van der Waals surface area contributed by atoms with Crippen LogP contribution in [0.2, 0.25) is 0 Å². The molecule has 2 aromatic heterocycles. The van der Waals surface area contributed by atoms with Gasteiger partial charge in [-0.05, 0) is 19.1 Å². The van der Waals surface area contributed by atoms with Gasteiger partial charge in [0.05, 0.1) is 18.2 Å². The van der Waals surface area contributed by atoms with Crippen molar-refractivity contribution in [1.29, 1.82) is 0 Å². The number of methoxy groups -OCH3 is 1. The molecule has 0 aliphatic rings. The predicted octanol–water partition coefficient (Wildman–Crippen LogP) is 2.70. The fourth-order valence-electron chi connectivity index (χ4n) is 2.19. The third-order valence-corrected chi connectivity index (χ3v) is 3.17. The Hall–Kier alpha value is -2.89. The zero-order valence-electron chi connectivity index (χ0n) is 11.7. The van der Waals surface area contributed by atoms with Gasteiger partial charge in [0.15, 0.2) is 11.6 Å². The van der Waals surface area contributed by atoms with E-state index in [4.69, 9.17) is 15.0 Å². The highest BCUT2D eigenvalue weighted by atomic mass is 16.5. The van der Waals surface area contributed by atoms with Crippen LogP contribution in [0.3, 0.4) is 0 Å². The third kappa shape index (κ3) is 2.31. The van der Waals surface area contributed by atoms with Gasteiger partial charge in [-0.2, -0.15) is 0 Å². The van der Waals surface area contributed by atoms with Gasteiger partial charge in [0.25, 0.3) is 0 Å². The molecular formula is C15H14N4O2. The monoisotopic (exact) mass is 282 g/mol. The number of nitrogens with zero attached hydrogens (tertiary/aromatic N) is 3. The minimum absolute atomic E-state index is 0.303. The first kappa shape index (κ1) is 13.1. The molecule has 6 nitrogen and oxygen atoms in total. The fraction of sp³-hybridized carbons (Fsp3) is 0.133. The van der Waals surface area contributed by atoms with Gasteiger partial charge in [-0.1, -0.05) is 16.8 Å². The lowest BCUT2D eigenvalue weighted by atomic mass is 10.00. The second-order valence-corrected chi connectivity index (χ2v) is 4.60.